The molecule has 0 N–H and O–H groups in total. The summed E-state index contributed by atoms with van der Waals surface area (Å²) in [5.74, 6) is 0.923. The molecule has 26 heavy (non-hydrogen) atoms. The van der Waals surface area contributed by atoms with Gasteiger partial charge in [0.1, 0.15) is 0 Å². The minimum atomic E-state index is -0.0764. The molecule has 0 saturated heterocycles. The van der Waals surface area contributed by atoms with Crippen molar-refractivity contribution in [2.45, 2.75) is 18.6 Å². The molecule has 0 radical (unpaired) electrons. The van der Waals surface area contributed by atoms with Crippen LogP contribution in [-0.4, -0.2) is 26.3 Å². The van der Waals surface area contributed by atoms with Gasteiger partial charge in [0.25, 0.3) is 0 Å². The van der Waals surface area contributed by atoms with Gasteiger partial charge in [-0.1, -0.05) is 63.0 Å². The van der Waals surface area contributed by atoms with Gasteiger partial charge in [-0.15, -0.1) is 10.2 Å². The lowest BCUT2D eigenvalue weighted by molar-refractivity contribution is 0.102. The van der Waals surface area contributed by atoms with Gasteiger partial charge in [0.05, 0.1) is 10.8 Å². The Morgan fingerprint density at radius 3 is 2.54 bits per heavy atom. The normalized spacial score (nSPS) is 10.9. The van der Waals surface area contributed by atoms with Gasteiger partial charge in [-0.25, -0.2) is 0 Å². The van der Waals surface area contributed by atoms with Crippen molar-refractivity contribution in [3.8, 4) is 11.4 Å². The van der Waals surface area contributed by atoms with E-state index in [1.165, 1.54) is 11.8 Å². The van der Waals surface area contributed by atoms with Crippen molar-refractivity contribution in [2.24, 2.45) is 0 Å². The number of hydrogen-bond acceptors (Lipinski definition) is 4. The summed E-state index contributed by atoms with van der Waals surface area (Å²) in [5, 5.41) is 10.1. The molecule has 0 amide bonds. The van der Waals surface area contributed by atoms with Crippen molar-refractivity contribution < 1.29 is 4.79 Å². The number of carbonyl (C=O) groups excluding carboxylic acids is 1. The summed E-state index contributed by atoms with van der Waals surface area (Å²) in [4.78, 5) is 12.5. The zero-order chi connectivity index (χ0) is 18.7. The average Bonchev–Trinajstić information content (AvgIpc) is 3.03. The Kier molecular flexibility index (Phi) is 6.40. The molecule has 3 rings (SSSR count). The first-order valence-electron chi connectivity index (χ1n) is 7.79. The first kappa shape index (κ1) is 19.4. The maximum Gasteiger partial charge on any atom is 0.191 e. The zero-order valence-electron chi connectivity index (χ0n) is 13.7. The van der Waals surface area contributed by atoms with Crippen LogP contribution in [0.5, 0.6) is 0 Å². The van der Waals surface area contributed by atoms with Crippen molar-refractivity contribution in [3.63, 3.8) is 0 Å². The van der Waals surface area contributed by atoms with Crippen LogP contribution >= 0.6 is 50.9 Å². The van der Waals surface area contributed by atoms with E-state index in [2.05, 4.69) is 26.1 Å². The quantitative estimate of drug-likeness (QED) is 0.327. The number of thioether (sulfide) groups is 1. The molecule has 1 heterocycles. The fourth-order valence-corrected chi connectivity index (χ4v) is 4.08. The summed E-state index contributed by atoms with van der Waals surface area (Å²) >= 11 is 16.8. The predicted molar refractivity (Wildman–Crippen MR) is 110 cm³/mol. The van der Waals surface area contributed by atoms with Crippen LogP contribution < -0.4 is 0 Å². The number of nitrogens with zero attached hydrogens (tertiary/aromatic N) is 3. The number of rotatable bonds is 6. The number of halogens is 3. The Hall–Kier alpha value is -1.34. The lowest BCUT2D eigenvalue weighted by Crippen LogP contribution is -2.06. The van der Waals surface area contributed by atoms with Crippen molar-refractivity contribution in [3.05, 3.63) is 62.5 Å². The Morgan fingerprint density at radius 2 is 1.88 bits per heavy atom. The molecule has 8 heteroatoms. The summed E-state index contributed by atoms with van der Waals surface area (Å²) in [7, 11) is 0. The summed E-state index contributed by atoms with van der Waals surface area (Å²) in [5.41, 5.74) is 1.43. The highest BCUT2D eigenvalue weighted by Crippen LogP contribution is 2.27. The van der Waals surface area contributed by atoms with Crippen LogP contribution in [0.3, 0.4) is 0 Å². The van der Waals surface area contributed by atoms with Crippen LogP contribution in [0.25, 0.3) is 11.4 Å². The van der Waals surface area contributed by atoms with Crippen LogP contribution in [0.1, 0.15) is 17.3 Å². The molecule has 0 aliphatic heterocycles. The van der Waals surface area contributed by atoms with Crippen LogP contribution in [0, 0.1) is 0 Å². The number of aromatic nitrogens is 3. The van der Waals surface area contributed by atoms with Gasteiger partial charge in [0, 0.05) is 27.2 Å². The summed E-state index contributed by atoms with van der Waals surface area (Å²) < 4.78 is 2.99. The molecule has 0 aliphatic carbocycles. The van der Waals surface area contributed by atoms with Crippen molar-refractivity contribution in [1.29, 1.82) is 0 Å². The lowest BCUT2D eigenvalue weighted by Gasteiger charge is -2.08. The van der Waals surface area contributed by atoms with E-state index in [0.717, 1.165) is 15.9 Å². The highest BCUT2D eigenvalue weighted by molar-refractivity contribution is 9.10. The molecule has 0 bridgehead atoms. The second kappa shape index (κ2) is 8.57. The van der Waals surface area contributed by atoms with E-state index in [9.17, 15) is 4.79 Å². The molecule has 4 nitrogen and oxygen atoms in total. The first-order chi connectivity index (χ1) is 12.5. The van der Waals surface area contributed by atoms with Crippen molar-refractivity contribution in [2.75, 3.05) is 5.75 Å². The van der Waals surface area contributed by atoms with Crippen LogP contribution in [-0.2, 0) is 6.54 Å². The van der Waals surface area contributed by atoms with Gasteiger partial charge in [0.15, 0.2) is 16.8 Å². The molecular formula is C18H14BrCl2N3OS. The van der Waals surface area contributed by atoms with Gasteiger partial charge in [-0.05, 0) is 37.3 Å². The van der Waals surface area contributed by atoms with Gasteiger partial charge in [-0.3, -0.25) is 4.79 Å². The van der Waals surface area contributed by atoms with E-state index in [1.54, 1.807) is 18.2 Å². The Bertz CT molecular complexity index is 944. The molecule has 0 unspecified atom stereocenters. The van der Waals surface area contributed by atoms with Crippen LogP contribution in [0.15, 0.2) is 52.1 Å². The minimum Gasteiger partial charge on any atom is -0.302 e. The molecule has 0 saturated carbocycles. The van der Waals surface area contributed by atoms with Crippen LogP contribution in [0.4, 0.5) is 0 Å². The summed E-state index contributed by atoms with van der Waals surface area (Å²) in [6, 6.07) is 12.8. The van der Waals surface area contributed by atoms with Crippen molar-refractivity contribution in [1.82, 2.24) is 14.8 Å². The fraction of sp³-hybridized carbons (Fsp3) is 0.167. The van der Waals surface area contributed by atoms with Gasteiger partial charge < -0.3 is 4.57 Å². The second-order valence-electron chi connectivity index (χ2n) is 5.39. The Balaban J connectivity index is 1.78. The molecule has 0 aliphatic rings. The van der Waals surface area contributed by atoms with E-state index in [4.69, 9.17) is 23.2 Å². The molecule has 1 aromatic heterocycles. The van der Waals surface area contributed by atoms with E-state index >= 15 is 0 Å². The zero-order valence-corrected chi connectivity index (χ0v) is 17.7. The van der Waals surface area contributed by atoms with Gasteiger partial charge in [-0.2, -0.15) is 0 Å². The predicted octanol–water partition coefficient (Wildman–Crippen LogP) is 6.01. The molecule has 134 valence electrons. The number of Topliss-reactive ketones (excluding diaryl/α,β-unsaturated/α-hetero) is 1. The minimum absolute atomic E-state index is 0.0764. The lowest BCUT2D eigenvalue weighted by atomic mass is 10.1. The third kappa shape index (κ3) is 4.31. The number of ketones is 1. The summed E-state index contributed by atoms with van der Waals surface area (Å²) in [6.45, 7) is 2.73. The maximum absolute atomic E-state index is 12.5. The Morgan fingerprint density at radius 1 is 1.15 bits per heavy atom. The molecule has 0 spiro atoms. The van der Waals surface area contributed by atoms with Crippen molar-refractivity contribution >= 4 is 56.7 Å². The smallest absolute Gasteiger partial charge is 0.191 e. The highest BCUT2D eigenvalue weighted by atomic mass is 79.9. The van der Waals surface area contributed by atoms with E-state index in [-0.39, 0.29) is 11.5 Å². The summed E-state index contributed by atoms with van der Waals surface area (Å²) in [6.07, 6.45) is 0. The average molecular weight is 471 g/mol. The SMILES string of the molecule is CCn1c(SCC(=O)c2ccc(Cl)cc2Cl)nnc1-c1ccc(Br)cc1. The molecule has 3 aromatic rings. The van der Waals surface area contributed by atoms with E-state index < -0.39 is 0 Å². The van der Waals surface area contributed by atoms with Crippen LogP contribution in [0.2, 0.25) is 10.0 Å². The number of hydrogen-bond donors (Lipinski definition) is 0. The number of carbonyl (C=O) groups is 1. The highest BCUT2D eigenvalue weighted by Gasteiger charge is 2.16. The van der Waals surface area contributed by atoms with E-state index in [1.807, 2.05) is 35.8 Å². The van der Waals surface area contributed by atoms with Gasteiger partial charge >= 0.3 is 0 Å². The second-order valence-corrected chi connectivity index (χ2v) is 8.10. The topological polar surface area (TPSA) is 47.8 Å². The fourth-order valence-electron chi connectivity index (χ4n) is 2.42. The van der Waals surface area contributed by atoms with Gasteiger partial charge in [0.2, 0.25) is 0 Å². The third-order valence-corrected chi connectivity index (χ3v) is 5.74. The largest absolute Gasteiger partial charge is 0.302 e. The Labute approximate surface area is 174 Å². The first-order valence-corrected chi connectivity index (χ1v) is 10.3. The third-order valence-electron chi connectivity index (χ3n) is 3.70. The molecule has 0 fully saturated rings. The number of benzene rings is 2. The van der Waals surface area contributed by atoms with E-state index in [0.29, 0.717) is 27.3 Å². The molecular weight excluding hydrogens is 457 g/mol. The molecule has 2 aromatic carbocycles. The monoisotopic (exact) mass is 469 g/mol. The molecule has 0 atom stereocenters. The maximum atomic E-state index is 12.5. The standard InChI is InChI=1S/C18H14BrCl2N3OS/c1-2-24-17(11-3-5-12(19)6-4-11)22-23-18(24)26-10-16(25)14-8-7-13(20)9-15(14)21/h3-9H,2,10H2,1H3.